The lowest BCUT2D eigenvalue weighted by atomic mass is 9.98. The fourth-order valence-electron chi connectivity index (χ4n) is 2.82. The van der Waals surface area contributed by atoms with Crippen LogP contribution in [0.2, 0.25) is 0 Å². The van der Waals surface area contributed by atoms with Crippen molar-refractivity contribution in [3.8, 4) is 16.9 Å². The van der Waals surface area contributed by atoms with Gasteiger partial charge in [-0.1, -0.05) is 60.7 Å². The molecule has 0 spiro atoms. The summed E-state index contributed by atoms with van der Waals surface area (Å²) in [5.74, 6) is 0.00818. The summed E-state index contributed by atoms with van der Waals surface area (Å²) < 4.78 is 41.5. The van der Waals surface area contributed by atoms with E-state index in [4.69, 9.17) is 0 Å². The van der Waals surface area contributed by atoms with Crippen molar-refractivity contribution in [1.29, 1.82) is 0 Å². The van der Waals surface area contributed by atoms with E-state index >= 15 is 0 Å². The molecule has 148 valence electrons. The van der Waals surface area contributed by atoms with Crippen molar-refractivity contribution < 1.29 is 17.9 Å². The lowest BCUT2D eigenvalue weighted by molar-refractivity contribution is 0.241. The van der Waals surface area contributed by atoms with Crippen LogP contribution in [0.5, 0.6) is 5.75 Å². The molecule has 0 aromatic heterocycles. The molecule has 29 heavy (non-hydrogen) atoms. The van der Waals surface area contributed by atoms with Crippen molar-refractivity contribution in [2.45, 2.75) is 0 Å². The van der Waals surface area contributed by atoms with Gasteiger partial charge in [-0.2, -0.15) is 13.2 Å². The summed E-state index contributed by atoms with van der Waals surface area (Å²) in [6, 6.07) is 20.7. The van der Waals surface area contributed by atoms with Crippen LogP contribution in [0.15, 0.2) is 84.9 Å². The van der Waals surface area contributed by atoms with Crippen LogP contribution in [0.1, 0.15) is 11.1 Å². The van der Waals surface area contributed by atoms with Crippen molar-refractivity contribution in [2.24, 2.45) is 0 Å². The van der Waals surface area contributed by atoms with Gasteiger partial charge in [0.05, 0.1) is 0 Å². The van der Waals surface area contributed by atoms with E-state index in [1.165, 1.54) is 12.1 Å². The molecule has 0 aliphatic carbocycles. The van der Waals surface area contributed by atoms with Crippen molar-refractivity contribution in [1.82, 2.24) is 0 Å². The molecule has 0 saturated carbocycles. The number of ether oxygens (including phenoxy) is 1. The maximum atomic E-state index is 12.8. The Morgan fingerprint density at radius 1 is 0.793 bits per heavy atom. The van der Waals surface area contributed by atoms with E-state index in [0.717, 1.165) is 27.9 Å². The average molecular weight is 395 g/mol. The molecule has 5 heteroatoms. The number of hydrogen-bond acceptors (Lipinski definition) is 2. The van der Waals surface area contributed by atoms with Gasteiger partial charge in [0.1, 0.15) is 5.75 Å². The fourth-order valence-corrected chi connectivity index (χ4v) is 2.82. The van der Waals surface area contributed by atoms with Gasteiger partial charge in [0.15, 0.2) is 0 Å². The third-order valence-corrected chi connectivity index (χ3v) is 4.35. The first-order valence-corrected chi connectivity index (χ1v) is 8.97. The molecule has 3 aromatic carbocycles. The van der Waals surface area contributed by atoms with Gasteiger partial charge in [0.2, 0.25) is 0 Å². The predicted octanol–water partition coefficient (Wildman–Crippen LogP) is 7.00. The van der Waals surface area contributed by atoms with Gasteiger partial charge in [-0.3, -0.25) is 0 Å². The largest absolute Gasteiger partial charge is 0.428 e. The quantitative estimate of drug-likeness (QED) is 0.329. The molecule has 0 amide bonds. The first kappa shape index (κ1) is 20.3. The second-order valence-electron chi connectivity index (χ2n) is 6.57. The van der Waals surface area contributed by atoms with Crippen LogP contribution >= 0.6 is 0 Å². The van der Waals surface area contributed by atoms with Gasteiger partial charge < -0.3 is 9.64 Å². The molecule has 0 bridgehead atoms. The van der Waals surface area contributed by atoms with Crippen molar-refractivity contribution in [2.75, 3.05) is 19.0 Å². The maximum Gasteiger partial charge on any atom is 0.344 e. The Labute approximate surface area is 168 Å². The van der Waals surface area contributed by atoms with E-state index < -0.39 is 12.1 Å². The average Bonchev–Trinajstić information content (AvgIpc) is 2.73. The number of halogens is 3. The summed E-state index contributed by atoms with van der Waals surface area (Å²) in [5.41, 5.74) is 5.21. The van der Waals surface area contributed by atoms with Gasteiger partial charge in [0.25, 0.3) is 0 Å². The Hall–Kier alpha value is -3.47. The topological polar surface area (TPSA) is 12.5 Å². The van der Waals surface area contributed by atoms with Crippen LogP contribution in [-0.4, -0.2) is 14.1 Å². The zero-order valence-electron chi connectivity index (χ0n) is 16.1. The molecule has 0 atom stereocenters. The minimum Gasteiger partial charge on any atom is -0.428 e. The number of rotatable bonds is 6. The highest BCUT2D eigenvalue weighted by molar-refractivity contribution is 5.81. The summed E-state index contributed by atoms with van der Waals surface area (Å²) in [6.07, 6.45) is 1.40. The Kier molecular flexibility index (Phi) is 6.39. The number of nitrogens with zero attached hydrogens (tertiary/aromatic N) is 1. The highest BCUT2D eigenvalue weighted by Crippen LogP contribution is 2.27. The second-order valence-corrected chi connectivity index (χ2v) is 6.57. The molecule has 3 rings (SSSR count). The molecule has 0 unspecified atom stereocenters. The Balaban J connectivity index is 1.80. The highest BCUT2D eigenvalue weighted by atomic mass is 19.3. The molecule has 3 aromatic rings. The van der Waals surface area contributed by atoms with Gasteiger partial charge >= 0.3 is 12.1 Å². The van der Waals surface area contributed by atoms with Gasteiger partial charge in [-0.15, -0.1) is 0 Å². The van der Waals surface area contributed by atoms with E-state index in [2.05, 4.69) is 35.1 Å². The zero-order valence-corrected chi connectivity index (χ0v) is 16.1. The molecule has 0 N–H and O–H groups in total. The van der Waals surface area contributed by atoms with Crippen LogP contribution in [0.3, 0.4) is 0 Å². The smallest absolute Gasteiger partial charge is 0.344 e. The maximum absolute atomic E-state index is 12.8. The van der Waals surface area contributed by atoms with Gasteiger partial charge in [-0.05, 0) is 46.5 Å². The summed E-state index contributed by atoms with van der Waals surface area (Å²) in [6.45, 7) is 0. The Morgan fingerprint density at radius 3 is 2.07 bits per heavy atom. The summed E-state index contributed by atoms with van der Waals surface area (Å²) in [4.78, 5) is 2.05. The minimum absolute atomic E-state index is 0.00818. The SMILES string of the molecule is CN(C)c1ccc(-c2ccccc2C=Cc2ccc(OC(F)=C(F)F)cc2)cc1. The normalized spacial score (nSPS) is 10.8. The summed E-state index contributed by atoms with van der Waals surface area (Å²) in [5, 5.41) is 0. The molecule has 0 radical (unpaired) electrons. The summed E-state index contributed by atoms with van der Waals surface area (Å²) in [7, 11) is 4.00. The van der Waals surface area contributed by atoms with Crippen LogP contribution < -0.4 is 9.64 Å². The number of hydrogen-bond donors (Lipinski definition) is 0. The molecular weight excluding hydrogens is 375 g/mol. The van der Waals surface area contributed by atoms with E-state index in [9.17, 15) is 13.2 Å². The molecule has 0 saturated heterocycles. The molecular formula is C24H20F3NO. The predicted molar refractivity (Wildman–Crippen MR) is 113 cm³/mol. The number of benzene rings is 3. The van der Waals surface area contributed by atoms with E-state index in [-0.39, 0.29) is 5.75 Å². The molecule has 2 nitrogen and oxygen atoms in total. The molecule has 0 aliphatic heterocycles. The van der Waals surface area contributed by atoms with Gasteiger partial charge in [-0.25, -0.2) is 0 Å². The lowest BCUT2D eigenvalue weighted by Crippen LogP contribution is -2.07. The monoisotopic (exact) mass is 395 g/mol. The Bertz CT molecular complexity index is 1020. The van der Waals surface area contributed by atoms with Crippen molar-refractivity contribution in [3.63, 3.8) is 0 Å². The van der Waals surface area contributed by atoms with E-state index in [1.807, 2.05) is 49.3 Å². The third-order valence-electron chi connectivity index (χ3n) is 4.35. The van der Waals surface area contributed by atoms with Crippen LogP contribution in [0, 0.1) is 0 Å². The highest BCUT2D eigenvalue weighted by Gasteiger charge is 2.07. The lowest BCUT2D eigenvalue weighted by Gasteiger charge is -2.13. The molecule has 0 aliphatic rings. The standard InChI is InChI=1S/C24H20F3NO/c1-28(2)20-13-11-19(12-14-20)22-6-4-3-5-18(22)10-7-17-8-15-21(16-9-17)29-24(27)23(25)26/h3-16H,1-2H3. The minimum atomic E-state index is -2.48. The molecule has 0 heterocycles. The first-order valence-electron chi connectivity index (χ1n) is 8.97. The fraction of sp³-hybridized carbons (Fsp3) is 0.0833. The van der Waals surface area contributed by atoms with E-state index in [1.54, 1.807) is 12.1 Å². The van der Waals surface area contributed by atoms with Crippen molar-refractivity contribution in [3.05, 3.63) is 96.0 Å². The zero-order chi connectivity index (χ0) is 20.8. The molecule has 0 fully saturated rings. The van der Waals surface area contributed by atoms with Crippen molar-refractivity contribution >= 4 is 17.8 Å². The van der Waals surface area contributed by atoms with Crippen LogP contribution in [0.4, 0.5) is 18.9 Å². The number of anilines is 1. The third kappa shape index (κ3) is 5.29. The second kappa shape index (κ2) is 9.15. The Morgan fingerprint density at radius 2 is 1.45 bits per heavy atom. The first-order chi connectivity index (χ1) is 13.9. The van der Waals surface area contributed by atoms with E-state index in [0.29, 0.717) is 0 Å². The van der Waals surface area contributed by atoms with Crippen LogP contribution in [0.25, 0.3) is 23.3 Å². The van der Waals surface area contributed by atoms with Crippen LogP contribution in [-0.2, 0) is 0 Å². The van der Waals surface area contributed by atoms with Gasteiger partial charge in [0, 0.05) is 19.8 Å². The summed E-state index contributed by atoms with van der Waals surface area (Å²) >= 11 is 0.